The SMILES string of the molecule is CNC(c1nc(C)no1)C(C)C. The first-order chi connectivity index (χ1) is 5.65. The molecule has 0 spiro atoms. The van der Waals surface area contributed by atoms with Crippen molar-refractivity contribution in [1.29, 1.82) is 0 Å². The van der Waals surface area contributed by atoms with E-state index in [4.69, 9.17) is 4.52 Å². The maximum atomic E-state index is 5.06. The van der Waals surface area contributed by atoms with Crippen molar-refractivity contribution in [3.63, 3.8) is 0 Å². The van der Waals surface area contributed by atoms with Crippen molar-refractivity contribution in [2.45, 2.75) is 26.8 Å². The number of aromatic nitrogens is 2. The van der Waals surface area contributed by atoms with Crippen LogP contribution in [0.2, 0.25) is 0 Å². The number of nitrogens with zero attached hydrogens (tertiary/aromatic N) is 2. The normalized spacial score (nSPS) is 13.8. The lowest BCUT2D eigenvalue weighted by Gasteiger charge is -2.14. The van der Waals surface area contributed by atoms with E-state index >= 15 is 0 Å². The Bertz CT molecular complexity index is 244. The molecule has 0 amide bonds. The summed E-state index contributed by atoms with van der Waals surface area (Å²) in [6.07, 6.45) is 0. The largest absolute Gasteiger partial charge is 0.338 e. The number of nitrogens with one attached hydrogen (secondary N) is 1. The van der Waals surface area contributed by atoms with Crippen LogP contribution in [-0.2, 0) is 0 Å². The summed E-state index contributed by atoms with van der Waals surface area (Å²) in [6, 6.07) is 0.159. The number of hydrogen-bond acceptors (Lipinski definition) is 4. The number of rotatable bonds is 3. The molecule has 0 saturated carbocycles. The van der Waals surface area contributed by atoms with Crippen molar-refractivity contribution in [3.05, 3.63) is 11.7 Å². The van der Waals surface area contributed by atoms with E-state index in [1.165, 1.54) is 0 Å². The molecule has 1 N–H and O–H groups in total. The second-order valence-corrected chi connectivity index (χ2v) is 3.19. The Balaban J connectivity index is 2.80. The summed E-state index contributed by atoms with van der Waals surface area (Å²) in [5, 5.41) is 6.88. The fourth-order valence-electron chi connectivity index (χ4n) is 1.18. The average Bonchev–Trinajstić information content (AvgIpc) is 2.37. The zero-order chi connectivity index (χ0) is 9.14. The summed E-state index contributed by atoms with van der Waals surface area (Å²) in [7, 11) is 1.89. The highest BCUT2D eigenvalue weighted by Crippen LogP contribution is 2.18. The maximum Gasteiger partial charge on any atom is 0.244 e. The number of aryl methyl sites for hydroxylation is 1. The van der Waals surface area contributed by atoms with Gasteiger partial charge in [-0.1, -0.05) is 19.0 Å². The van der Waals surface area contributed by atoms with E-state index in [0.717, 1.165) is 0 Å². The van der Waals surface area contributed by atoms with Crippen LogP contribution in [0.25, 0.3) is 0 Å². The summed E-state index contributed by atoms with van der Waals surface area (Å²) in [4.78, 5) is 4.16. The molecule has 1 aromatic heterocycles. The van der Waals surface area contributed by atoms with Crippen LogP contribution < -0.4 is 5.32 Å². The second-order valence-electron chi connectivity index (χ2n) is 3.19. The molecule has 0 aliphatic heterocycles. The van der Waals surface area contributed by atoms with E-state index in [1.54, 1.807) is 0 Å². The summed E-state index contributed by atoms with van der Waals surface area (Å²) < 4.78 is 5.06. The molecule has 1 unspecified atom stereocenters. The van der Waals surface area contributed by atoms with Gasteiger partial charge < -0.3 is 9.84 Å². The van der Waals surface area contributed by atoms with Crippen molar-refractivity contribution >= 4 is 0 Å². The van der Waals surface area contributed by atoms with Gasteiger partial charge in [0.05, 0.1) is 6.04 Å². The van der Waals surface area contributed by atoms with Crippen LogP contribution in [0.4, 0.5) is 0 Å². The molecular weight excluding hydrogens is 154 g/mol. The van der Waals surface area contributed by atoms with Gasteiger partial charge in [0.15, 0.2) is 5.82 Å². The van der Waals surface area contributed by atoms with Gasteiger partial charge in [-0.2, -0.15) is 4.98 Å². The summed E-state index contributed by atoms with van der Waals surface area (Å²) in [5.74, 6) is 1.81. The first-order valence-corrected chi connectivity index (χ1v) is 4.12. The van der Waals surface area contributed by atoms with E-state index in [9.17, 15) is 0 Å². The number of hydrogen-bond donors (Lipinski definition) is 1. The molecule has 0 aromatic carbocycles. The maximum absolute atomic E-state index is 5.06. The van der Waals surface area contributed by atoms with Gasteiger partial charge in [0, 0.05) is 0 Å². The highest BCUT2D eigenvalue weighted by atomic mass is 16.5. The van der Waals surface area contributed by atoms with Gasteiger partial charge in [-0.15, -0.1) is 0 Å². The quantitative estimate of drug-likeness (QED) is 0.740. The molecule has 1 heterocycles. The van der Waals surface area contributed by atoms with Crippen LogP contribution in [0.1, 0.15) is 31.6 Å². The molecule has 1 atom stereocenters. The van der Waals surface area contributed by atoms with Gasteiger partial charge >= 0.3 is 0 Å². The van der Waals surface area contributed by atoms with Crippen molar-refractivity contribution in [1.82, 2.24) is 15.5 Å². The minimum Gasteiger partial charge on any atom is -0.338 e. The molecule has 0 radical (unpaired) electrons. The summed E-state index contributed by atoms with van der Waals surface area (Å²) in [6.45, 7) is 6.04. The molecule has 12 heavy (non-hydrogen) atoms. The molecule has 0 bridgehead atoms. The van der Waals surface area contributed by atoms with Gasteiger partial charge in [-0.25, -0.2) is 0 Å². The van der Waals surface area contributed by atoms with Gasteiger partial charge in [-0.3, -0.25) is 0 Å². The molecule has 4 nitrogen and oxygen atoms in total. The van der Waals surface area contributed by atoms with Gasteiger partial charge in [-0.05, 0) is 19.9 Å². The minimum absolute atomic E-state index is 0.159. The predicted molar refractivity (Wildman–Crippen MR) is 45.7 cm³/mol. The van der Waals surface area contributed by atoms with E-state index in [2.05, 4.69) is 29.3 Å². The Morgan fingerprint density at radius 3 is 2.42 bits per heavy atom. The third-order valence-corrected chi connectivity index (χ3v) is 1.79. The molecule has 0 fully saturated rings. The Morgan fingerprint density at radius 1 is 1.42 bits per heavy atom. The highest BCUT2D eigenvalue weighted by molar-refractivity contribution is 4.92. The second kappa shape index (κ2) is 3.67. The third kappa shape index (κ3) is 1.82. The van der Waals surface area contributed by atoms with Gasteiger partial charge in [0.1, 0.15) is 0 Å². The third-order valence-electron chi connectivity index (χ3n) is 1.79. The molecule has 0 saturated heterocycles. The molecule has 1 aromatic rings. The van der Waals surface area contributed by atoms with E-state index < -0.39 is 0 Å². The average molecular weight is 169 g/mol. The Labute approximate surface area is 72.4 Å². The van der Waals surface area contributed by atoms with Gasteiger partial charge in [0.2, 0.25) is 5.89 Å². The fourth-order valence-corrected chi connectivity index (χ4v) is 1.18. The van der Waals surface area contributed by atoms with Crippen LogP contribution in [0.5, 0.6) is 0 Å². The molecule has 1 rings (SSSR count). The first-order valence-electron chi connectivity index (χ1n) is 4.12. The van der Waals surface area contributed by atoms with E-state index in [-0.39, 0.29) is 6.04 Å². The van der Waals surface area contributed by atoms with Crippen molar-refractivity contribution < 1.29 is 4.52 Å². The minimum atomic E-state index is 0.159. The first kappa shape index (κ1) is 9.19. The fraction of sp³-hybridized carbons (Fsp3) is 0.750. The molecule has 0 aliphatic rings. The van der Waals surface area contributed by atoms with Gasteiger partial charge in [0.25, 0.3) is 0 Å². The van der Waals surface area contributed by atoms with Crippen LogP contribution in [0.15, 0.2) is 4.52 Å². The standard InChI is InChI=1S/C8H15N3O/c1-5(2)7(9-4)8-10-6(3)11-12-8/h5,7,9H,1-4H3. The van der Waals surface area contributed by atoms with Crippen LogP contribution >= 0.6 is 0 Å². The smallest absolute Gasteiger partial charge is 0.244 e. The molecule has 4 heteroatoms. The summed E-state index contributed by atoms with van der Waals surface area (Å²) >= 11 is 0. The van der Waals surface area contributed by atoms with Crippen molar-refractivity contribution in [2.75, 3.05) is 7.05 Å². The molecule has 0 aliphatic carbocycles. The molecular formula is C8H15N3O. The Kier molecular flexibility index (Phi) is 2.81. The predicted octanol–water partition coefficient (Wildman–Crippen LogP) is 1.29. The lowest BCUT2D eigenvalue weighted by molar-refractivity contribution is 0.298. The zero-order valence-corrected chi connectivity index (χ0v) is 7.96. The summed E-state index contributed by atoms with van der Waals surface area (Å²) in [5.41, 5.74) is 0. The lowest BCUT2D eigenvalue weighted by Crippen LogP contribution is -2.21. The van der Waals surface area contributed by atoms with Crippen molar-refractivity contribution in [2.24, 2.45) is 5.92 Å². The van der Waals surface area contributed by atoms with Crippen molar-refractivity contribution in [3.8, 4) is 0 Å². The van der Waals surface area contributed by atoms with Crippen LogP contribution in [0.3, 0.4) is 0 Å². The Morgan fingerprint density at radius 2 is 2.08 bits per heavy atom. The van der Waals surface area contributed by atoms with Crippen LogP contribution in [-0.4, -0.2) is 17.2 Å². The highest BCUT2D eigenvalue weighted by Gasteiger charge is 2.19. The van der Waals surface area contributed by atoms with E-state index in [1.807, 2.05) is 14.0 Å². The zero-order valence-electron chi connectivity index (χ0n) is 7.96. The van der Waals surface area contributed by atoms with Crippen LogP contribution in [0, 0.1) is 12.8 Å². The Hall–Kier alpha value is -0.900. The van der Waals surface area contributed by atoms with E-state index in [0.29, 0.717) is 17.6 Å². The monoisotopic (exact) mass is 169 g/mol. The molecule has 68 valence electrons. The lowest BCUT2D eigenvalue weighted by atomic mass is 10.1. The topological polar surface area (TPSA) is 51.0 Å².